The van der Waals surface area contributed by atoms with Crippen molar-refractivity contribution in [2.45, 2.75) is 26.1 Å². The van der Waals surface area contributed by atoms with Gasteiger partial charge in [0.15, 0.2) is 0 Å². The van der Waals surface area contributed by atoms with Gasteiger partial charge in [-0.05, 0) is 38.1 Å². The van der Waals surface area contributed by atoms with Gasteiger partial charge in [0.2, 0.25) is 0 Å². The van der Waals surface area contributed by atoms with Crippen LogP contribution in [0.1, 0.15) is 29.9 Å². The average Bonchev–Trinajstić information content (AvgIpc) is 2.61. The molecule has 3 rings (SSSR count). The Bertz CT molecular complexity index is 1030. The zero-order valence-electron chi connectivity index (χ0n) is 15.4. The van der Waals surface area contributed by atoms with Crippen LogP contribution in [0.15, 0.2) is 24.3 Å². The minimum Gasteiger partial charge on any atom is -0.399 e. The van der Waals surface area contributed by atoms with Gasteiger partial charge in [0.05, 0.1) is 17.1 Å². The van der Waals surface area contributed by atoms with Crippen LogP contribution in [-0.4, -0.2) is 17.0 Å². The molecular formula is C19H18F4N5. The van der Waals surface area contributed by atoms with Crippen molar-refractivity contribution >= 4 is 28.1 Å². The number of hydrogen-bond acceptors (Lipinski definition) is 5. The van der Waals surface area contributed by atoms with E-state index in [4.69, 9.17) is 5.73 Å². The summed E-state index contributed by atoms with van der Waals surface area (Å²) in [7, 11) is 1.73. The molecule has 1 radical (unpaired) electrons. The van der Waals surface area contributed by atoms with Gasteiger partial charge in [-0.1, -0.05) is 0 Å². The van der Waals surface area contributed by atoms with E-state index in [1.54, 1.807) is 26.1 Å². The van der Waals surface area contributed by atoms with Crippen LogP contribution in [0.5, 0.6) is 0 Å². The number of hydrogen-bond donors (Lipinski definition) is 3. The van der Waals surface area contributed by atoms with Crippen LogP contribution in [0.2, 0.25) is 0 Å². The third-order valence-corrected chi connectivity index (χ3v) is 4.26. The Morgan fingerprint density at radius 2 is 1.89 bits per heavy atom. The third-order valence-electron chi connectivity index (χ3n) is 4.26. The van der Waals surface area contributed by atoms with Crippen molar-refractivity contribution in [3.63, 3.8) is 0 Å². The van der Waals surface area contributed by atoms with Gasteiger partial charge in [-0.3, -0.25) is 0 Å². The lowest BCUT2D eigenvalue weighted by atomic mass is 10.0. The Balaban J connectivity index is 2.07. The van der Waals surface area contributed by atoms with Crippen LogP contribution in [0, 0.1) is 18.8 Å². The average molecular weight is 392 g/mol. The number of nitrogens with two attached hydrogens (primary N) is 1. The number of fused-ring (bicyclic) bond motifs is 1. The quantitative estimate of drug-likeness (QED) is 0.444. The summed E-state index contributed by atoms with van der Waals surface area (Å²) >= 11 is 0. The van der Waals surface area contributed by atoms with Gasteiger partial charge in [-0.2, -0.15) is 13.2 Å². The molecule has 0 unspecified atom stereocenters. The van der Waals surface area contributed by atoms with E-state index >= 15 is 0 Å². The number of nitrogens with zero attached hydrogens (tertiary/aromatic N) is 2. The Labute approximate surface area is 159 Å². The van der Waals surface area contributed by atoms with Crippen LogP contribution in [-0.2, 0) is 6.18 Å². The van der Waals surface area contributed by atoms with E-state index in [0.717, 1.165) is 0 Å². The summed E-state index contributed by atoms with van der Waals surface area (Å²) < 4.78 is 53.8. The molecule has 0 fully saturated rings. The first-order valence-corrected chi connectivity index (χ1v) is 8.40. The molecule has 0 aliphatic rings. The predicted octanol–water partition coefficient (Wildman–Crippen LogP) is 4.69. The summed E-state index contributed by atoms with van der Waals surface area (Å²) in [6.45, 7) is 3.22. The molecule has 1 atom stereocenters. The number of benzene rings is 2. The Morgan fingerprint density at radius 3 is 2.54 bits per heavy atom. The molecule has 0 saturated heterocycles. The summed E-state index contributed by atoms with van der Waals surface area (Å²) in [6, 6.07) is 7.38. The smallest absolute Gasteiger partial charge is 0.399 e. The van der Waals surface area contributed by atoms with Crippen LogP contribution in [0.25, 0.3) is 10.9 Å². The van der Waals surface area contributed by atoms with Gasteiger partial charge < -0.3 is 16.4 Å². The Kier molecular flexibility index (Phi) is 5.01. The largest absolute Gasteiger partial charge is 0.419 e. The van der Waals surface area contributed by atoms with E-state index in [-0.39, 0.29) is 11.3 Å². The zero-order chi connectivity index (χ0) is 20.6. The summed E-state index contributed by atoms with van der Waals surface area (Å²) in [5, 5.41) is 6.56. The van der Waals surface area contributed by atoms with Gasteiger partial charge in [0.25, 0.3) is 0 Å². The molecule has 4 N–H and O–H groups in total. The highest BCUT2D eigenvalue weighted by Crippen LogP contribution is 2.36. The van der Waals surface area contributed by atoms with Crippen LogP contribution >= 0.6 is 0 Å². The van der Waals surface area contributed by atoms with E-state index < -0.39 is 23.6 Å². The summed E-state index contributed by atoms with van der Waals surface area (Å²) in [6.07, 6.45) is -4.84. The number of nitrogen functional groups attached to an aromatic ring is 1. The number of anilines is 3. The number of rotatable bonds is 4. The molecule has 3 aromatic rings. The highest BCUT2D eigenvalue weighted by atomic mass is 19.4. The van der Waals surface area contributed by atoms with Gasteiger partial charge in [0, 0.05) is 35.4 Å². The topological polar surface area (TPSA) is 75.9 Å². The maximum Gasteiger partial charge on any atom is 0.419 e. The molecule has 2 aromatic carbocycles. The second kappa shape index (κ2) is 7.14. The molecule has 0 aliphatic heterocycles. The van der Waals surface area contributed by atoms with Crippen molar-refractivity contribution in [1.29, 1.82) is 0 Å². The lowest BCUT2D eigenvalue weighted by Crippen LogP contribution is -2.16. The highest BCUT2D eigenvalue weighted by molar-refractivity contribution is 5.91. The van der Waals surface area contributed by atoms with Gasteiger partial charge >= 0.3 is 6.18 Å². The molecule has 0 aliphatic carbocycles. The fraction of sp³-hybridized carbons (Fsp3) is 0.263. The first-order chi connectivity index (χ1) is 13.1. The van der Waals surface area contributed by atoms with Crippen molar-refractivity contribution in [3.05, 3.63) is 53.1 Å². The SMILES string of the molecule is CNc1[c]cc2nc(C)nc(N[C@H](C)c3cc(N)cc(C(F)(F)F)c3F)c2c1. The summed E-state index contributed by atoms with van der Waals surface area (Å²) in [5.74, 6) is -0.534. The Morgan fingerprint density at radius 1 is 1.18 bits per heavy atom. The maximum atomic E-state index is 14.6. The van der Waals surface area contributed by atoms with E-state index in [1.807, 2.05) is 0 Å². The second-order valence-corrected chi connectivity index (χ2v) is 6.35. The molecule has 1 heterocycles. The molecule has 0 amide bonds. The minimum absolute atomic E-state index is 0.173. The second-order valence-electron chi connectivity index (χ2n) is 6.35. The number of halogens is 4. The van der Waals surface area contributed by atoms with Gasteiger partial charge in [-0.15, -0.1) is 0 Å². The van der Waals surface area contributed by atoms with Gasteiger partial charge in [-0.25, -0.2) is 14.4 Å². The van der Waals surface area contributed by atoms with Gasteiger partial charge in [0.1, 0.15) is 17.5 Å². The lowest BCUT2D eigenvalue weighted by molar-refractivity contribution is -0.140. The van der Waals surface area contributed by atoms with Crippen LogP contribution in [0.4, 0.5) is 34.8 Å². The molecule has 0 saturated carbocycles. The molecule has 0 bridgehead atoms. The van der Waals surface area contributed by atoms with E-state index in [0.29, 0.717) is 34.3 Å². The normalized spacial score (nSPS) is 12.8. The maximum absolute atomic E-state index is 14.6. The molecular weight excluding hydrogens is 374 g/mol. The first-order valence-electron chi connectivity index (χ1n) is 8.40. The van der Waals surface area contributed by atoms with Crippen molar-refractivity contribution in [2.24, 2.45) is 0 Å². The van der Waals surface area contributed by atoms with E-state index in [2.05, 4.69) is 26.7 Å². The summed E-state index contributed by atoms with van der Waals surface area (Å²) in [5.41, 5.74) is 5.09. The monoisotopic (exact) mass is 392 g/mol. The number of alkyl halides is 3. The first kappa shape index (κ1) is 19.7. The zero-order valence-corrected chi connectivity index (χ0v) is 15.4. The van der Waals surface area contributed by atoms with E-state index in [1.165, 1.54) is 13.0 Å². The van der Waals surface area contributed by atoms with Crippen molar-refractivity contribution in [1.82, 2.24) is 9.97 Å². The standard InChI is InChI=1S/C19H18F4N5/c1-9(13-6-11(24)7-15(17(13)20)19(21,22)23)26-18-14-8-12(25-3)4-5-16(14)27-10(2)28-18/h5-9,25H,24H2,1-3H3,(H,26,27,28)/t9-/m1/s1. The number of aryl methyl sites for hydroxylation is 1. The van der Waals surface area contributed by atoms with Crippen molar-refractivity contribution in [3.8, 4) is 0 Å². The lowest BCUT2D eigenvalue weighted by Gasteiger charge is -2.20. The number of nitrogens with one attached hydrogen (secondary N) is 2. The molecule has 5 nitrogen and oxygen atoms in total. The fourth-order valence-corrected chi connectivity index (χ4v) is 2.92. The van der Waals surface area contributed by atoms with Crippen molar-refractivity contribution in [2.75, 3.05) is 23.4 Å². The molecule has 1 aromatic heterocycles. The van der Waals surface area contributed by atoms with Crippen molar-refractivity contribution < 1.29 is 17.6 Å². The fourth-order valence-electron chi connectivity index (χ4n) is 2.92. The molecule has 28 heavy (non-hydrogen) atoms. The van der Waals surface area contributed by atoms with Crippen LogP contribution < -0.4 is 16.4 Å². The molecule has 147 valence electrons. The third kappa shape index (κ3) is 3.78. The molecule has 0 spiro atoms. The number of aromatic nitrogens is 2. The van der Waals surface area contributed by atoms with Crippen LogP contribution in [0.3, 0.4) is 0 Å². The molecule has 9 heteroatoms. The predicted molar refractivity (Wildman–Crippen MR) is 101 cm³/mol. The Hall–Kier alpha value is -3.10. The summed E-state index contributed by atoms with van der Waals surface area (Å²) in [4.78, 5) is 8.64. The van der Waals surface area contributed by atoms with E-state index in [9.17, 15) is 17.6 Å². The highest BCUT2D eigenvalue weighted by Gasteiger charge is 2.36. The minimum atomic E-state index is -4.84.